The fourth-order valence-corrected chi connectivity index (χ4v) is 1.65. The molecule has 0 fully saturated rings. The topological polar surface area (TPSA) is 55.1 Å². The molecule has 0 aromatic heterocycles. The Morgan fingerprint density at radius 2 is 2.00 bits per heavy atom. The molecule has 0 radical (unpaired) electrons. The molecule has 1 atom stereocenters. The Morgan fingerprint density at radius 1 is 1.42 bits per heavy atom. The van der Waals surface area contributed by atoms with E-state index in [1.54, 1.807) is 6.92 Å². The van der Waals surface area contributed by atoms with Gasteiger partial charge in [-0.15, -0.1) is 0 Å². The molecule has 1 rings (SSSR count). The van der Waals surface area contributed by atoms with Gasteiger partial charge >= 0.3 is 6.18 Å². The monoisotopic (exact) mass is 338 g/mol. The molecule has 1 unspecified atom stereocenters. The number of benzene rings is 1. The summed E-state index contributed by atoms with van der Waals surface area (Å²) in [4.78, 5) is 11.8. The quantitative estimate of drug-likeness (QED) is 0.885. The SMILES string of the molecule is CCC(C)(N)C(=O)Nc1ccc(Br)cc1C(F)(F)F. The predicted molar refractivity (Wildman–Crippen MR) is 70.7 cm³/mol. The zero-order valence-electron chi connectivity index (χ0n) is 10.4. The summed E-state index contributed by atoms with van der Waals surface area (Å²) >= 11 is 2.97. The Hall–Kier alpha value is -1.08. The fourth-order valence-electron chi connectivity index (χ4n) is 1.29. The molecule has 1 amide bonds. The Balaban J connectivity index is 3.12. The van der Waals surface area contributed by atoms with E-state index in [0.29, 0.717) is 6.42 Å². The van der Waals surface area contributed by atoms with Gasteiger partial charge in [-0.25, -0.2) is 0 Å². The Morgan fingerprint density at radius 3 is 2.47 bits per heavy atom. The zero-order valence-corrected chi connectivity index (χ0v) is 12.0. The molecule has 0 heterocycles. The molecule has 1 aromatic carbocycles. The second-order valence-corrected chi connectivity index (χ2v) is 5.33. The highest BCUT2D eigenvalue weighted by molar-refractivity contribution is 9.10. The first-order valence-electron chi connectivity index (χ1n) is 5.55. The van der Waals surface area contributed by atoms with Gasteiger partial charge in [-0.2, -0.15) is 13.2 Å². The lowest BCUT2D eigenvalue weighted by Crippen LogP contribution is -2.48. The number of alkyl halides is 3. The first kappa shape index (κ1) is 16.0. The van der Waals surface area contributed by atoms with E-state index in [1.807, 2.05) is 0 Å². The second-order valence-electron chi connectivity index (χ2n) is 4.41. The number of carbonyl (C=O) groups excluding carboxylic acids is 1. The van der Waals surface area contributed by atoms with Crippen LogP contribution in [0.15, 0.2) is 22.7 Å². The summed E-state index contributed by atoms with van der Waals surface area (Å²) < 4.78 is 38.8. The molecule has 3 nitrogen and oxygen atoms in total. The Labute approximate surface area is 117 Å². The van der Waals surface area contributed by atoms with Crippen LogP contribution in [0.3, 0.4) is 0 Å². The van der Waals surface area contributed by atoms with E-state index in [0.717, 1.165) is 6.07 Å². The van der Waals surface area contributed by atoms with Crippen molar-refractivity contribution in [2.75, 3.05) is 5.32 Å². The molecule has 106 valence electrons. The molecule has 0 saturated carbocycles. The van der Waals surface area contributed by atoms with Crippen LogP contribution in [0.4, 0.5) is 18.9 Å². The summed E-state index contributed by atoms with van der Waals surface area (Å²) in [6, 6.07) is 3.52. The normalized spacial score (nSPS) is 14.9. The number of anilines is 1. The molecule has 1 aromatic rings. The van der Waals surface area contributed by atoms with Gasteiger partial charge in [0.1, 0.15) is 0 Å². The van der Waals surface area contributed by atoms with Gasteiger partial charge in [0.2, 0.25) is 5.91 Å². The minimum absolute atomic E-state index is 0.281. The van der Waals surface area contributed by atoms with E-state index in [1.165, 1.54) is 19.1 Å². The summed E-state index contributed by atoms with van der Waals surface area (Å²) in [7, 11) is 0. The van der Waals surface area contributed by atoms with Gasteiger partial charge in [-0.3, -0.25) is 4.79 Å². The van der Waals surface area contributed by atoms with Crippen molar-refractivity contribution in [3.05, 3.63) is 28.2 Å². The van der Waals surface area contributed by atoms with Crippen molar-refractivity contribution in [1.29, 1.82) is 0 Å². The number of amides is 1. The summed E-state index contributed by atoms with van der Waals surface area (Å²) in [6.07, 6.45) is -4.24. The van der Waals surface area contributed by atoms with Gasteiger partial charge in [-0.05, 0) is 31.5 Å². The van der Waals surface area contributed by atoms with E-state index in [4.69, 9.17) is 5.73 Å². The van der Waals surface area contributed by atoms with Gasteiger partial charge in [0.15, 0.2) is 0 Å². The highest BCUT2D eigenvalue weighted by atomic mass is 79.9. The van der Waals surface area contributed by atoms with Crippen LogP contribution in [0, 0.1) is 0 Å². The van der Waals surface area contributed by atoms with Crippen LogP contribution in [0.1, 0.15) is 25.8 Å². The van der Waals surface area contributed by atoms with Gasteiger partial charge in [0.25, 0.3) is 0 Å². The van der Waals surface area contributed by atoms with Crippen molar-refractivity contribution in [1.82, 2.24) is 0 Å². The van der Waals surface area contributed by atoms with Crippen LogP contribution >= 0.6 is 15.9 Å². The van der Waals surface area contributed by atoms with Crippen molar-refractivity contribution in [3.63, 3.8) is 0 Å². The van der Waals surface area contributed by atoms with Crippen molar-refractivity contribution >= 4 is 27.5 Å². The van der Waals surface area contributed by atoms with Crippen molar-refractivity contribution in [2.24, 2.45) is 5.73 Å². The number of nitrogens with two attached hydrogens (primary N) is 1. The highest BCUT2D eigenvalue weighted by Crippen LogP contribution is 2.36. The summed E-state index contributed by atoms with van der Waals surface area (Å²) in [5, 5.41) is 2.23. The van der Waals surface area contributed by atoms with Crippen LogP contribution in [-0.2, 0) is 11.0 Å². The third kappa shape index (κ3) is 3.94. The molecule has 3 N–H and O–H groups in total. The molecule has 7 heteroatoms. The van der Waals surface area contributed by atoms with E-state index < -0.39 is 23.2 Å². The first-order chi connectivity index (χ1) is 8.58. The van der Waals surface area contributed by atoms with Crippen LogP contribution in [0.2, 0.25) is 0 Å². The summed E-state index contributed by atoms with van der Waals surface area (Å²) in [5.74, 6) is -0.650. The molecule has 0 spiro atoms. The van der Waals surface area contributed by atoms with Crippen LogP contribution in [0.5, 0.6) is 0 Å². The second kappa shape index (κ2) is 5.50. The molecule has 19 heavy (non-hydrogen) atoms. The van der Waals surface area contributed by atoms with Gasteiger partial charge in [0, 0.05) is 4.47 Å². The lowest BCUT2D eigenvalue weighted by atomic mass is 9.99. The molecular weight excluding hydrogens is 325 g/mol. The van der Waals surface area contributed by atoms with Gasteiger partial charge in [-0.1, -0.05) is 22.9 Å². The van der Waals surface area contributed by atoms with Crippen LogP contribution in [0.25, 0.3) is 0 Å². The standard InChI is InChI=1S/C12H14BrF3N2O/c1-3-11(2,17)10(19)18-9-5-4-7(13)6-8(9)12(14,15)16/h4-6H,3,17H2,1-2H3,(H,18,19). The highest BCUT2D eigenvalue weighted by Gasteiger charge is 2.35. The van der Waals surface area contributed by atoms with Crippen molar-refractivity contribution < 1.29 is 18.0 Å². The van der Waals surface area contributed by atoms with E-state index >= 15 is 0 Å². The molecule has 0 aliphatic carbocycles. The van der Waals surface area contributed by atoms with Crippen molar-refractivity contribution in [2.45, 2.75) is 32.0 Å². The smallest absolute Gasteiger partial charge is 0.324 e. The number of nitrogens with one attached hydrogen (secondary N) is 1. The maximum Gasteiger partial charge on any atom is 0.418 e. The zero-order chi connectivity index (χ0) is 14.8. The largest absolute Gasteiger partial charge is 0.418 e. The molecule has 0 aliphatic rings. The third-order valence-electron chi connectivity index (χ3n) is 2.79. The molecule has 0 aliphatic heterocycles. The lowest BCUT2D eigenvalue weighted by molar-refractivity contribution is -0.137. The first-order valence-corrected chi connectivity index (χ1v) is 6.34. The molecule has 0 saturated heterocycles. The lowest BCUT2D eigenvalue weighted by Gasteiger charge is -2.23. The van der Waals surface area contributed by atoms with E-state index in [-0.39, 0.29) is 10.2 Å². The number of rotatable bonds is 3. The Kier molecular flexibility index (Phi) is 4.63. The predicted octanol–water partition coefficient (Wildman–Crippen LogP) is 3.53. The minimum Gasteiger partial charge on any atom is -0.324 e. The number of halogens is 4. The molecular formula is C12H14BrF3N2O. The van der Waals surface area contributed by atoms with Gasteiger partial charge < -0.3 is 11.1 Å². The van der Waals surface area contributed by atoms with E-state index in [9.17, 15) is 18.0 Å². The maximum atomic E-state index is 12.9. The van der Waals surface area contributed by atoms with Crippen molar-refractivity contribution in [3.8, 4) is 0 Å². The molecule has 0 bridgehead atoms. The average Bonchev–Trinajstić information content (AvgIpc) is 2.30. The fraction of sp³-hybridized carbons (Fsp3) is 0.417. The number of carbonyl (C=O) groups is 1. The van der Waals surface area contributed by atoms with E-state index in [2.05, 4.69) is 21.2 Å². The minimum atomic E-state index is -4.55. The summed E-state index contributed by atoms with van der Waals surface area (Å²) in [6.45, 7) is 3.15. The van der Waals surface area contributed by atoms with Crippen LogP contribution < -0.4 is 11.1 Å². The summed E-state index contributed by atoms with van der Waals surface area (Å²) in [5.41, 5.74) is 3.27. The Bertz CT molecular complexity index is 486. The van der Waals surface area contributed by atoms with Crippen LogP contribution in [-0.4, -0.2) is 11.4 Å². The third-order valence-corrected chi connectivity index (χ3v) is 3.28. The average molecular weight is 339 g/mol. The number of hydrogen-bond donors (Lipinski definition) is 2. The van der Waals surface area contributed by atoms with Gasteiger partial charge in [0.05, 0.1) is 16.8 Å². The maximum absolute atomic E-state index is 12.9. The number of hydrogen-bond acceptors (Lipinski definition) is 2.